The zero-order chi connectivity index (χ0) is 21.4. The van der Waals surface area contributed by atoms with Gasteiger partial charge in [-0.25, -0.2) is 4.79 Å². The number of amides is 1. The third-order valence-electron chi connectivity index (χ3n) is 6.56. The average molecular weight is 417 g/mol. The van der Waals surface area contributed by atoms with E-state index < -0.39 is 5.41 Å². The molecule has 166 valence electrons. The van der Waals surface area contributed by atoms with Crippen LogP contribution in [0, 0.1) is 5.41 Å². The van der Waals surface area contributed by atoms with Crippen LogP contribution in [-0.4, -0.2) is 67.3 Å². The summed E-state index contributed by atoms with van der Waals surface area (Å²) in [6, 6.07) is 10.8. The van der Waals surface area contributed by atoms with Crippen LogP contribution in [0.2, 0.25) is 0 Å². The number of hydrogen-bond acceptors (Lipinski definition) is 5. The summed E-state index contributed by atoms with van der Waals surface area (Å²) in [5.41, 5.74) is 0.823. The number of rotatable bonds is 7. The van der Waals surface area contributed by atoms with E-state index in [0.29, 0.717) is 19.3 Å². The summed E-state index contributed by atoms with van der Waals surface area (Å²) in [4.78, 5) is 29.3. The Bertz CT molecular complexity index is 688. The van der Waals surface area contributed by atoms with Crippen molar-refractivity contribution >= 4 is 12.1 Å². The summed E-state index contributed by atoms with van der Waals surface area (Å²) < 4.78 is 10.7. The van der Waals surface area contributed by atoms with Gasteiger partial charge in [-0.3, -0.25) is 9.69 Å². The lowest BCUT2D eigenvalue weighted by Gasteiger charge is -2.46. The molecule has 0 aliphatic carbocycles. The molecule has 0 bridgehead atoms. The maximum Gasteiger partial charge on any atom is 0.409 e. The Balaban J connectivity index is 1.64. The van der Waals surface area contributed by atoms with Crippen molar-refractivity contribution in [2.24, 2.45) is 5.41 Å². The molecule has 6 nitrogen and oxygen atoms in total. The maximum atomic E-state index is 13.1. The molecule has 1 amide bonds. The molecule has 2 aliphatic rings. The number of likely N-dealkylation sites (tertiary alicyclic amines) is 2. The van der Waals surface area contributed by atoms with E-state index >= 15 is 0 Å². The Morgan fingerprint density at radius 1 is 1.03 bits per heavy atom. The highest BCUT2D eigenvalue weighted by Gasteiger charge is 2.45. The van der Waals surface area contributed by atoms with E-state index in [2.05, 4.69) is 29.2 Å². The van der Waals surface area contributed by atoms with Crippen molar-refractivity contribution in [2.45, 2.75) is 58.4 Å². The molecule has 0 radical (unpaired) electrons. The van der Waals surface area contributed by atoms with Gasteiger partial charge in [0.05, 0.1) is 18.6 Å². The zero-order valence-electron chi connectivity index (χ0n) is 18.5. The van der Waals surface area contributed by atoms with Crippen LogP contribution in [0.1, 0.15) is 51.5 Å². The molecule has 0 aromatic heterocycles. The second-order valence-electron chi connectivity index (χ2n) is 8.48. The lowest BCUT2D eigenvalue weighted by Crippen LogP contribution is -2.54. The summed E-state index contributed by atoms with van der Waals surface area (Å²) in [7, 11) is 0. The molecule has 30 heavy (non-hydrogen) atoms. The number of nitrogens with zero attached hydrogens (tertiary/aromatic N) is 2. The van der Waals surface area contributed by atoms with Crippen molar-refractivity contribution in [3.05, 3.63) is 35.9 Å². The highest BCUT2D eigenvalue weighted by molar-refractivity contribution is 5.77. The van der Waals surface area contributed by atoms with E-state index in [9.17, 15) is 9.59 Å². The van der Waals surface area contributed by atoms with Gasteiger partial charge in [0.15, 0.2) is 0 Å². The third-order valence-corrected chi connectivity index (χ3v) is 6.56. The monoisotopic (exact) mass is 416 g/mol. The third kappa shape index (κ3) is 5.54. The van der Waals surface area contributed by atoms with Crippen LogP contribution in [0.5, 0.6) is 0 Å². The van der Waals surface area contributed by atoms with E-state index in [-0.39, 0.29) is 12.1 Å². The molecule has 2 fully saturated rings. The van der Waals surface area contributed by atoms with Gasteiger partial charge in [0.2, 0.25) is 0 Å². The van der Waals surface area contributed by atoms with E-state index in [1.807, 2.05) is 19.9 Å². The Kier molecular flexibility index (Phi) is 8.14. The minimum Gasteiger partial charge on any atom is -0.466 e. The number of piperidine rings is 2. The van der Waals surface area contributed by atoms with Gasteiger partial charge in [0, 0.05) is 25.7 Å². The molecule has 0 saturated carbocycles. The van der Waals surface area contributed by atoms with E-state index in [1.165, 1.54) is 5.56 Å². The van der Waals surface area contributed by atoms with Crippen molar-refractivity contribution in [2.75, 3.05) is 39.4 Å². The quantitative estimate of drug-likeness (QED) is 0.631. The normalized spacial score (nSPS) is 23.2. The first-order chi connectivity index (χ1) is 14.6. The Labute approximate surface area is 180 Å². The van der Waals surface area contributed by atoms with Gasteiger partial charge in [-0.15, -0.1) is 0 Å². The zero-order valence-corrected chi connectivity index (χ0v) is 18.5. The first-order valence-corrected chi connectivity index (χ1v) is 11.4. The molecule has 2 heterocycles. The molecule has 2 aliphatic heterocycles. The average Bonchev–Trinajstić information content (AvgIpc) is 2.79. The van der Waals surface area contributed by atoms with Crippen LogP contribution in [0.25, 0.3) is 0 Å². The lowest BCUT2D eigenvalue weighted by atomic mass is 9.74. The summed E-state index contributed by atoms with van der Waals surface area (Å²) in [6.07, 6.45) is 5.23. The second kappa shape index (κ2) is 10.8. The minimum atomic E-state index is -0.442. The van der Waals surface area contributed by atoms with Crippen molar-refractivity contribution in [3.63, 3.8) is 0 Å². The molecule has 0 N–H and O–H groups in total. The molecule has 1 unspecified atom stereocenters. The molecule has 1 atom stereocenters. The van der Waals surface area contributed by atoms with Crippen LogP contribution in [0.4, 0.5) is 4.79 Å². The Hall–Kier alpha value is -2.08. The lowest BCUT2D eigenvalue weighted by molar-refractivity contribution is -0.160. The topological polar surface area (TPSA) is 59.1 Å². The van der Waals surface area contributed by atoms with Gasteiger partial charge in [0.25, 0.3) is 0 Å². The fraction of sp³-hybridized carbons (Fsp3) is 0.667. The fourth-order valence-electron chi connectivity index (χ4n) is 4.89. The van der Waals surface area contributed by atoms with Crippen LogP contribution in [0.3, 0.4) is 0 Å². The predicted molar refractivity (Wildman–Crippen MR) is 116 cm³/mol. The van der Waals surface area contributed by atoms with Gasteiger partial charge in [-0.05, 0) is 64.5 Å². The van der Waals surface area contributed by atoms with Crippen molar-refractivity contribution in [1.82, 2.24) is 9.80 Å². The number of ether oxygens (including phenoxy) is 2. The molecule has 1 aromatic carbocycles. The first kappa shape index (κ1) is 22.6. The summed E-state index contributed by atoms with van der Waals surface area (Å²) >= 11 is 0. The first-order valence-electron chi connectivity index (χ1n) is 11.4. The van der Waals surface area contributed by atoms with Crippen LogP contribution >= 0.6 is 0 Å². The number of esters is 1. The number of carbonyl (C=O) groups excluding carboxylic acids is 2. The van der Waals surface area contributed by atoms with Gasteiger partial charge in [-0.2, -0.15) is 0 Å². The van der Waals surface area contributed by atoms with Gasteiger partial charge in [0.1, 0.15) is 0 Å². The molecular weight excluding hydrogens is 380 g/mol. The van der Waals surface area contributed by atoms with Crippen LogP contribution in [-0.2, 0) is 20.7 Å². The van der Waals surface area contributed by atoms with Gasteiger partial charge in [-0.1, -0.05) is 30.3 Å². The number of hydrogen-bond donors (Lipinski definition) is 0. The Morgan fingerprint density at radius 2 is 1.73 bits per heavy atom. The number of carbonyl (C=O) groups is 2. The molecule has 6 heteroatoms. The van der Waals surface area contributed by atoms with Crippen molar-refractivity contribution in [1.29, 1.82) is 0 Å². The SMILES string of the molecule is CCOC(=O)N1CCC(N2CCCC(CCc3ccccc3)(C(=O)OCC)C2)CC1. The highest BCUT2D eigenvalue weighted by atomic mass is 16.6. The van der Waals surface area contributed by atoms with E-state index in [0.717, 1.165) is 64.7 Å². The summed E-state index contributed by atoms with van der Waals surface area (Å²) in [6.45, 7) is 7.75. The standard InChI is InChI=1S/C24H36N2O4/c1-3-29-22(27)24(15-11-20-9-6-5-7-10-20)14-8-16-26(19-24)21-12-17-25(18-13-21)23(28)30-4-2/h5-7,9-10,21H,3-4,8,11-19H2,1-2H3. The van der Waals surface area contributed by atoms with E-state index in [4.69, 9.17) is 9.47 Å². The van der Waals surface area contributed by atoms with Crippen molar-refractivity contribution < 1.29 is 19.1 Å². The second-order valence-corrected chi connectivity index (χ2v) is 8.48. The molecule has 3 rings (SSSR count). The fourth-order valence-corrected chi connectivity index (χ4v) is 4.89. The van der Waals surface area contributed by atoms with Gasteiger partial charge < -0.3 is 14.4 Å². The van der Waals surface area contributed by atoms with Crippen molar-refractivity contribution in [3.8, 4) is 0 Å². The molecular formula is C24H36N2O4. The summed E-state index contributed by atoms with van der Waals surface area (Å²) in [5, 5.41) is 0. The largest absolute Gasteiger partial charge is 0.466 e. The minimum absolute atomic E-state index is 0.0467. The maximum absolute atomic E-state index is 13.1. The number of benzene rings is 1. The Morgan fingerprint density at radius 3 is 2.40 bits per heavy atom. The summed E-state index contributed by atoms with van der Waals surface area (Å²) in [5.74, 6) is -0.0467. The molecule has 0 spiro atoms. The number of aryl methyl sites for hydroxylation is 1. The van der Waals surface area contributed by atoms with Crippen LogP contribution < -0.4 is 0 Å². The van der Waals surface area contributed by atoms with Gasteiger partial charge >= 0.3 is 12.1 Å². The smallest absolute Gasteiger partial charge is 0.409 e. The molecule has 1 aromatic rings. The van der Waals surface area contributed by atoms with Crippen LogP contribution in [0.15, 0.2) is 30.3 Å². The molecule has 2 saturated heterocycles. The highest BCUT2D eigenvalue weighted by Crippen LogP contribution is 2.38. The van der Waals surface area contributed by atoms with E-state index in [1.54, 1.807) is 4.90 Å². The predicted octanol–water partition coefficient (Wildman–Crippen LogP) is 3.89.